The predicted octanol–water partition coefficient (Wildman–Crippen LogP) is 1.92. The van der Waals surface area contributed by atoms with Gasteiger partial charge in [-0.05, 0) is 5.92 Å². The Morgan fingerprint density at radius 3 is 1.82 bits per heavy atom. The highest BCUT2D eigenvalue weighted by molar-refractivity contribution is 7.59. The highest BCUT2D eigenvalue weighted by Gasteiger charge is 1.92. The van der Waals surface area contributed by atoms with Crippen LogP contribution in [0.15, 0.2) is 0 Å². The van der Waals surface area contributed by atoms with Gasteiger partial charge in [0.05, 0.1) is 0 Å². The van der Waals surface area contributed by atoms with Crippen molar-refractivity contribution in [2.75, 3.05) is 6.54 Å². The molecule has 0 atom stereocenters. The lowest BCUT2D eigenvalue weighted by molar-refractivity contribution is -0.119. The number of carbonyl (C=O) groups excluding carboxylic acids is 1. The third-order valence-electron chi connectivity index (χ3n) is 0.759. The minimum atomic E-state index is 0. The first-order valence-electron chi connectivity index (χ1n) is 3.87. The fourth-order valence-electron chi connectivity index (χ4n) is 0.348. The summed E-state index contributed by atoms with van der Waals surface area (Å²) in [6.45, 7) is 10.4. The molecule has 0 aliphatic rings. The SMILES string of the molecule is CC.CC(=O)NCC(C)C.S. The average Bonchev–Trinajstić information content (AvgIpc) is 1.89. The number of amides is 1. The van der Waals surface area contributed by atoms with Crippen molar-refractivity contribution in [1.29, 1.82) is 0 Å². The van der Waals surface area contributed by atoms with E-state index in [0.717, 1.165) is 6.54 Å². The quantitative estimate of drug-likeness (QED) is 0.689. The molecule has 0 saturated heterocycles. The van der Waals surface area contributed by atoms with Crippen LogP contribution in [0.4, 0.5) is 0 Å². The summed E-state index contributed by atoms with van der Waals surface area (Å²) in [5, 5.41) is 2.71. The average molecular weight is 179 g/mol. The summed E-state index contributed by atoms with van der Waals surface area (Å²) in [5.41, 5.74) is 0. The van der Waals surface area contributed by atoms with Crippen LogP contribution in [0.5, 0.6) is 0 Å². The molecule has 0 aromatic rings. The third kappa shape index (κ3) is 25.8. The zero-order chi connectivity index (χ0) is 8.57. The van der Waals surface area contributed by atoms with E-state index in [-0.39, 0.29) is 19.4 Å². The summed E-state index contributed by atoms with van der Waals surface area (Å²) in [6, 6.07) is 0. The maximum Gasteiger partial charge on any atom is 0.216 e. The number of carbonyl (C=O) groups is 1. The fourth-order valence-corrected chi connectivity index (χ4v) is 0.348. The van der Waals surface area contributed by atoms with Crippen LogP contribution >= 0.6 is 13.5 Å². The van der Waals surface area contributed by atoms with E-state index in [1.807, 2.05) is 13.8 Å². The number of hydrogen-bond donors (Lipinski definition) is 1. The van der Waals surface area contributed by atoms with Crippen molar-refractivity contribution in [3.63, 3.8) is 0 Å². The van der Waals surface area contributed by atoms with Crippen LogP contribution in [0, 0.1) is 5.92 Å². The molecule has 1 N–H and O–H groups in total. The topological polar surface area (TPSA) is 29.1 Å². The summed E-state index contributed by atoms with van der Waals surface area (Å²) < 4.78 is 0. The van der Waals surface area contributed by atoms with Gasteiger partial charge in [-0.15, -0.1) is 0 Å². The Morgan fingerprint density at radius 1 is 1.36 bits per heavy atom. The minimum Gasteiger partial charge on any atom is -0.356 e. The molecule has 0 aromatic carbocycles. The predicted molar refractivity (Wildman–Crippen MR) is 55.3 cm³/mol. The summed E-state index contributed by atoms with van der Waals surface area (Å²) in [5.74, 6) is 0.609. The molecule has 0 fully saturated rings. The number of nitrogens with one attached hydrogen (secondary N) is 1. The summed E-state index contributed by atoms with van der Waals surface area (Å²) >= 11 is 0. The standard InChI is InChI=1S/C6H13NO.C2H6.H2S/c1-5(2)4-7-6(3)8;1-2;/h5H,4H2,1-3H3,(H,7,8);1-2H3;1H2. The molecule has 11 heavy (non-hydrogen) atoms. The van der Waals surface area contributed by atoms with Gasteiger partial charge in [0.1, 0.15) is 0 Å². The Bertz CT molecular complexity index is 84.2. The molecule has 0 aromatic heterocycles. The Kier molecular flexibility index (Phi) is 19.4. The molecule has 0 aliphatic carbocycles. The number of rotatable bonds is 2. The highest BCUT2D eigenvalue weighted by atomic mass is 32.1. The first-order valence-corrected chi connectivity index (χ1v) is 3.87. The third-order valence-corrected chi connectivity index (χ3v) is 0.759. The zero-order valence-electron chi connectivity index (χ0n) is 8.19. The van der Waals surface area contributed by atoms with Gasteiger partial charge in [-0.25, -0.2) is 0 Å². The van der Waals surface area contributed by atoms with Gasteiger partial charge in [0.25, 0.3) is 0 Å². The summed E-state index contributed by atoms with van der Waals surface area (Å²) in [6.07, 6.45) is 0. The summed E-state index contributed by atoms with van der Waals surface area (Å²) in [4.78, 5) is 10.2. The molecule has 3 heteroatoms. The van der Waals surface area contributed by atoms with Gasteiger partial charge in [-0.3, -0.25) is 4.79 Å². The normalized spacial score (nSPS) is 7.45. The lowest BCUT2D eigenvalue weighted by Gasteiger charge is -2.02. The van der Waals surface area contributed by atoms with Crippen LogP contribution in [-0.4, -0.2) is 12.5 Å². The van der Waals surface area contributed by atoms with E-state index >= 15 is 0 Å². The monoisotopic (exact) mass is 179 g/mol. The molecule has 2 nitrogen and oxygen atoms in total. The molecule has 0 saturated carbocycles. The Labute approximate surface area is 77.2 Å². The Morgan fingerprint density at radius 2 is 1.73 bits per heavy atom. The second-order valence-electron chi connectivity index (χ2n) is 2.33. The molecular weight excluding hydrogens is 158 g/mol. The molecular formula is C8H21NOS. The molecule has 0 spiro atoms. The van der Waals surface area contributed by atoms with E-state index in [0.29, 0.717) is 5.92 Å². The molecule has 1 amide bonds. The van der Waals surface area contributed by atoms with Crippen molar-refractivity contribution in [3.05, 3.63) is 0 Å². The van der Waals surface area contributed by atoms with Crippen LogP contribution in [0.3, 0.4) is 0 Å². The van der Waals surface area contributed by atoms with Crippen molar-refractivity contribution in [3.8, 4) is 0 Å². The molecule has 70 valence electrons. The van der Waals surface area contributed by atoms with E-state index in [4.69, 9.17) is 0 Å². The van der Waals surface area contributed by atoms with Gasteiger partial charge in [0.15, 0.2) is 0 Å². The maximum absolute atomic E-state index is 10.2. The lowest BCUT2D eigenvalue weighted by atomic mass is 10.2. The summed E-state index contributed by atoms with van der Waals surface area (Å²) in [7, 11) is 0. The van der Waals surface area contributed by atoms with Crippen LogP contribution in [0.1, 0.15) is 34.6 Å². The van der Waals surface area contributed by atoms with Gasteiger partial charge >= 0.3 is 0 Å². The second kappa shape index (κ2) is 12.5. The second-order valence-corrected chi connectivity index (χ2v) is 2.33. The first-order chi connectivity index (χ1) is 4.63. The maximum atomic E-state index is 10.2. The van der Waals surface area contributed by atoms with E-state index in [1.165, 1.54) is 6.92 Å². The fraction of sp³-hybridized carbons (Fsp3) is 0.875. The van der Waals surface area contributed by atoms with E-state index in [9.17, 15) is 4.79 Å². The van der Waals surface area contributed by atoms with Crippen molar-refractivity contribution in [2.45, 2.75) is 34.6 Å². The van der Waals surface area contributed by atoms with Crippen molar-refractivity contribution in [1.82, 2.24) is 5.32 Å². The Balaban J connectivity index is -0.000000196. The Hall–Kier alpha value is -0.180. The van der Waals surface area contributed by atoms with Crippen LogP contribution in [0.25, 0.3) is 0 Å². The van der Waals surface area contributed by atoms with Crippen LogP contribution in [0.2, 0.25) is 0 Å². The van der Waals surface area contributed by atoms with Gasteiger partial charge < -0.3 is 5.32 Å². The zero-order valence-corrected chi connectivity index (χ0v) is 9.19. The van der Waals surface area contributed by atoms with E-state index in [2.05, 4.69) is 19.2 Å². The van der Waals surface area contributed by atoms with Gasteiger partial charge in [-0.1, -0.05) is 27.7 Å². The van der Waals surface area contributed by atoms with E-state index in [1.54, 1.807) is 0 Å². The molecule has 0 radical (unpaired) electrons. The van der Waals surface area contributed by atoms with Gasteiger partial charge in [0.2, 0.25) is 5.91 Å². The van der Waals surface area contributed by atoms with Crippen molar-refractivity contribution in [2.24, 2.45) is 5.92 Å². The molecule has 0 unspecified atom stereocenters. The highest BCUT2D eigenvalue weighted by Crippen LogP contribution is 1.85. The first kappa shape index (κ1) is 17.1. The largest absolute Gasteiger partial charge is 0.356 e. The number of hydrogen-bond acceptors (Lipinski definition) is 1. The van der Waals surface area contributed by atoms with Crippen LogP contribution < -0.4 is 5.32 Å². The van der Waals surface area contributed by atoms with Crippen molar-refractivity contribution < 1.29 is 4.79 Å². The smallest absolute Gasteiger partial charge is 0.216 e. The van der Waals surface area contributed by atoms with Gasteiger partial charge in [-0.2, -0.15) is 13.5 Å². The van der Waals surface area contributed by atoms with Crippen LogP contribution in [-0.2, 0) is 4.79 Å². The van der Waals surface area contributed by atoms with Gasteiger partial charge in [0, 0.05) is 13.5 Å². The molecule has 0 rings (SSSR count). The molecule has 0 heterocycles. The minimum absolute atomic E-state index is 0. The van der Waals surface area contributed by atoms with E-state index < -0.39 is 0 Å². The lowest BCUT2D eigenvalue weighted by Crippen LogP contribution is -2.24. The molecule has 0 aliphatic heterocycles. The van der Waals surface area contributed by atoms with Crippen molar-refractivity contribution >= 4 is 19.4 Å². The molecule has 0 bridgehead atoms.